The van der Waals surface area contributed by atoms with E-state index in [9.17, 15) is 24.0 Å². The number of aromatic nitrogens is 1. The molecule has 226 valence electrons. The van der Waals surface area contributed by atoms with Gasteiger partial charge < -0.3 is 29.7 Å². The minimum absolute atomic E-state index is 0.0236. The fraction of sp³-hybridized carbons (Fsp3) is 0.406. The highest BCUT2D eigenvalue weighted by Crippen LogP contribution is 2.44. The van der Waals surface area contributed by atoms with Crippen LogP contribution in [0.2, 0.25) is 0 Å². The number of carbonyl (C=O) groups is 4. The second kappa shape index (κ2) is 13.1. The molecule has 2 aromatic heterocycles. The number of fused-ring (bicyclic) bond motifs is 3. The molecule has 2 heterocycles. The van der Waals surface area contributed by atoms with Crippen molar-refractivity contribution >= 4 is 40.3 Å². The summed E-state index contributed by atoms with van der Waals surface area (Å²) in [5.41, 5.74) is 0.612. The number of allylic oxidation sites excluding steroid dienone is 1. The highest BCUT2D eigenvalue weighted by atomic mass is 16.5. The van der Waals surface area contributed by atoms with Crippen LogP contribution in [0.4, 0.5) is 5.69 Å². The van der Waals surface area contributed by atoms with Crippen LogP contribution in [-0.4, -0.2) is 47.5 Å². The Morgan fingerprint density at radius 1 is 1.12 bits per heavy atom. The maximum Gasteiger partial charge on any atom is 0.330 e. The van der Waals surface area contributed by atoms with E-state index < -0.39 is 29.4 Å². The highest BCUT2D eigenvalue weighted by molar-refractivity contribution is 6.03. The molecule has 5 rings (SSSR count). The molecule has 1 aromatic carbocycles. The number of furan rings is 1. The van der Waals surface area contributed by atoms with Gasteiger partial charge in [0.05, 0.1) is 7.11 Å². The minimum Gasteiger partial charge on any atom is -0.466 e. The number of aryl methyl sites for hydroxylation is 1. The van der Waals surface area contributed by atoms with Crippen LogP contribution >= 0.6 is 0 Å². The Bertz CT molecular complexity index is 1620. The van der Waals surface area contributed by atoms with Gasteiger partial charge in [0.25, 0.3) is 11.5 Å². The molecule has 1 unspecified atom stereocenters. The van der Waals surface area contributed by atoms with Crippen molar-refractivity contribution in [2.75, 3.05) is 12.4 Å². The SMILES string of the molecule is COC(=O)/C=C/CCC(NC(=O)c1oc2ccccc2c1C)C(=O)Nc1cccn(CC(=O)N[C@@H]2C[C@H]3CC[C@@H]2C3)c1=O. The zero-order valence-corrected chi connectivity index (χ0v) is 24.3. The molecule has 0 aliphatic heterocycles. The number of ether oxygens (including phenoxy) is 1. The number of benzene rings is 1. The highest BCUT2D eigenvalue weighted by Gasteiger charge is 2.40. The predicted molar refractivity (Wildman–Crippen MR) is 159 cm³/mol. The molecule has 3 amide bonds. The minimum atomic E-state index is -1.07. The smallest absolute Gasteiger partial charge is 0.330 e. The van der Waals surface area contributed by atoms with E-state index in [1.54, 1.807) is 25.1 Å². The van der Waals surface area contributed by atoms with E-state index in [1.165, 1.54) is 42.5 Å². The number of hydrogen-bond donors (Lipinski definition) is 3. The van der Waals surface area contributed by atoms with Crippen molar-refractivity contribution in [3.63, 3.8) is 0 Å². The van der Waals surface area contributed by atoms with E-state index in [4.69, 9.17) is 4.42 Å². The van der Waals surface area contributed by atoms with Gasteiger partial charge in [-0.3, -0.25) is 19.2 Å². The molecule has 2 bridgehead atoms. The Morgan fingerprint density at radius 2 is 1.93 bits per heavy atom. The van der Waals surface area contributed by atoms with Gasteiger partial charge in [0, 0.05) is 29.3 Å². The molecule has 4 atom stereocenters. The van der Waals surface area contributed by atoms with Crippen LogP contribution in [0.5, 0.6) is 0 Å². The van der Waals surface area contributed by atoms with Gasteiger partial charge in [-0.2, -0.15) is 0 Å². The fourth-order valence-electron chi connectivity index (χ4n) is 6.20. The van der Waals surface area contributed by atoms with E-state index in [2.05, 4.69) is 20.7 Å². The quantitative estimate of drug-likeness (QED) is 0.229. The third kappa shape index (κ3) is 6.87. The number of pyridine rings is 1. The molecule has 43 heavy (non-hydrogen) atoms. The predicted octanol–water partition coefficient (Wildman–Crippen LogP) is 3.45. The molecule has 0 radical (unpaired) electrons. The number of rotatable bonds is 11. The van der Waals surface area contributed by atoms with Crippen LogP contribution < -0.4 is 21.5 Å². The van der Waals surface area contributed by atoms with E-state index in [1.807, 2.05) is 12.1 Å². The third-order valence-corrected chi connectivity index (χ3v) is 8.43. The number of carbonyl (C=O) groups excluding carboxylic acids is 4. The number of nitrogens with zero attached hydrogens (tertiary/aromatic N) is 1. The Kier molecular flexibility index (Phi) is 9.08. The molecule has 2 saturated carbocycles. The number of amides is 3. The molecule has 2 aliphatic rings. The zero-order chi connectivity index (χ0) is 30.5. The van der Waals surface area contributed by atoms with Crippen molar-refractivity contribution in [3.05, 3.63) is 76.4 Å². The summed E-state index contributed by atoms with van der Waals surface area (Å²) in [6.07, 6.45) is 9.14. The third-order valence-electron chi connectivity index (χ3n) is 8.43. The first kappa shape index (κ1) is 29.8. The number of para-hydroxylation sites is 1. The van der Waals surface area contributed by atoms with Gasteiger partial charge in [-0.05, 0) is 69.1 Å². The summed E-state index contributed by atoms with van der Waals surface area (Å²) in [6.45, 7) is 1.59. The number of esters is 1. The zero-order valence-electron chi connectivity index (χ0n) is 24.3. The number of methoxy groups -OCH3 is 1. The lowest BCUT2D eigenvalue weighted by Gasteiger charge is -2.23. The van der Waals surface area contributed by atoms with Crippen LogP contribution in [-0.2, 0) is 25.7 Å². The number of nitrogens with one attached hydrogen (secondary N) is 3. The van der Waals surface area contributed by atoms with Crippen LogP contribution in [0.1, 0.15) is 54.6 Å². The van der Waals surface area contributed by atoms with Crippen molar-refractivity contribution in [3.8, 4) is 0 Å². The maximum absolute atomic E-state index is 13.4. The van der Waals surface area contributed by atoms with Crippen LogP contribution in [0.3, 0.4) is 0 Å². The Hall–Kier alpha value is -4.67. The molecule has 11 nitrogen and oxygen atoms in total. The van der Waals surface area contributed by atoms with Crippen molar-refractivity contribution in [1.29, 1.82) is 0 Å². The number of hydrogen-bond acceptors (Lipinski definition) is 7. The first-order valence-electron chi connectivity index (χ1n) is 14.6. The van der Waals surface area contributed by atoms with Crippen molar-refractivity contribution in [2.24, 2.45) is 11.8 Å². The number of anilines is 1. The van der Waals surface area contributed by atoms with E-state index >= 15 is 0 Å². The summed E-state index contributed by atoms with van der Waals surface area (Å²) in [6, 6.07) is 9.33. The van der Waals surface area contributed by atoms with Gasteiger partial charge in [-0.15, -0.1) is 0 Å². The molecule has 2 fully saturated rings. The van der Waals surface area contributed by atoms with Gasteiger partial charge in [-0.1, -0.05) is 30.7 Å². The fourth-order valence-corrected chi connectivity index (χ4v) is 6.20. The van der Waals surface area contributed by atoms with E-state index in [-0.39, 0.29) is 42.8 Å². The summed E-state index contributed by atoms with van der Waals surface area (Å²) in [4.78, 5) is 64.0. The topological polar surface area (TPSA) is 149 Å². The molecular weight excluding hydrogens is 552 g/mol. The lowest BCUT2D eigenvalue weighted by atomic mass is 9.95. The molecule has 3 N–H and O–H groups in total. The molecule has 2 aliphatic carbocycles. The lowest BCUT2D eigenvalue weighted by Crippen LogP contribution is -2.45. The standard InChI is InChI=1S/C32H36N4O7/c1-19-22-8-3-5-11-26(22)43-29(19)31(40)34-23(9-4-6-12-28(38)42-2)30(39)35-24-10-7-15-36(32(24)41)18-27(37)33-25-17-20-13-14-21(25)16-20/h3,5-8,10-12,15,20-21,23,25H,4,9,13-14,16-18H2,1-2H3,(H,33,37)(H,34,40)(H,35,39)/b12-6+/t20-,21+,23?,25+/m0/s1. The first-order chi connectivity index (χ1) is 20.7. The van der Waals surface area contributed by atoms with Crippen LogP contribution in [0.15, 0.2) is 64.0 Å². The first-order valence-corrected chi connectivity index (χ1v) is 14.6. The summed E-state index contributed by atoms with van der Waals surface area (Å²) in [5.74, 6) is -0.744. The second-order valence-corrected chi connectivity index (χ2v) is 11.3. The molecular formula is C32H36N4O7. The molecule has 3 aromatic rings. The van der Waals surface area contributed by atoms with Gasteiger partial charge in [0.15, 0.2) is 5.76 Å². The molecule has 11 heteroatoms. The van der Waals surface area contributed by atoms with Gasteiger partial charge >= 0.3 is 5.97 Å². The van der Waals surface area contributed by atoms with E-state index in [0.717, 1.165) is 24.6 Å². The van der Waals surface area contributed by atoms with Crippen molar-refractivity contribution < 1.29 is 28.3 Å². The van der Waals surface area contributed by atoms with Crippen molar-refractivity contribution in [2.45, 2.75) is 64.1 Å². The lowest BCUT2D eigenvalue weighted by molar-refractivity contribution is -0.134. The maximum atomic E-state index is 13.4. The summed E-state index contributed by atoms with van der Waals surface area (Å²) in [5, 5.41) is 9.18. The molecule has 0 saturated heterocycles. The largest absolute Gasteiger partial charge is 0.466 e. The Labute approximate surface area is 248 Å². The summed E-state index contributed by atoms with van der Waals surface area (Å²) < 4.78 is 11.6. The van der Waals surface area contributed by atoms with E-state index in [0.29, 0.717) is 23.0 Å². The Morgan fingerprint density at radius 3 is 2.65 bits per heavy atom. The normalized spacial score (nSPS) is 19.8. The van der Waals surface area contributed by atoms with Crippen LogP contribution in [0, 0.1) is 18.8 Å². The van der Waals surface area contributed by atoms with Crippen LogP contribution in [0.25, 0.3) is 11.0 Å². The van der Waals surface area contributed by atoms with Crippen molar-refractivity contribution in [1.82, 2.24) is 15.2 Å². The molecule has 0 spiro atoms. The van der Waals surface area contributed by atoms with Gasteiger partial charge in [0.2, 0.25) is 11.8 Å². The average Bonchev–Trinajstić information content (AvgIpc) is 3.71. The summed E-state index contributed by atoms with van der Waals surface area (Å²) >= 11 is 0. The average molecular weight is 589 g/mol. The van der Waals surface area contributed by atoms with Gasteiger partial charge in [-0.25, -0.2) is 4.79 Å². The summed E-state index contributed by atoms with van der Waals surface area (Å²) in [7, 11) is 1.26. The second-order valence-electron chi connectivity index (χ2n) is 11.3. The monoisotopic (exact) mass is 588 g/mol. The van der Waals surface area contributed by atoms with Gasteiger partial charge in [0.1, 0.15) is 23.9 Å². The Balaban J connectivity index is 1.28.